The van der Waals surface area contributed by atoms with E-state index in [1.165, 1.54) is 7.11 Å². The molecule has 1 aromatic carbocycles. The van der Waals surface area contributed by atoms with E-state index in [9.17, 15) is 24.9 Å². The van der Waals surface area contributed by atoms with Gasteiger partial charge in [-0.05, 0) is 95.4 Å². The van der Waals surface area contributed by atoms with Gasteiger partial charge in [0.1, 0.15) is 5.76 Å². The van der Waals surface area contributed by atoms with E-state index in [4.69, 9.17) is 18.9 Å². The Kier molecular flexibility index (Phi) is 10.7. The molecular formula is C30H45NO9S. The number of carbonyl (C=O) groups excluding carboxylic acids is 1. The van der Waals surface area contributed by atoms with E-state index in [1.807, 2.05) is 12.1 Å². The van der Waals surface area contributed by atoms with Gasteiger partial charge in [0.2, 0.25) is 6.79 Å². The molecule has 2 unspecified atom stereocenters. The van der Waals surface area contributed by atoms with Crippen molar-refractivity contribution in [1.82, 2.24) is 4.90 Å². The van der Waals surface area contributed by atoms with Crippen molar-refractivity contribution in [2.45, 2.75) is 94.5 Å². The Morgan fingerprint density at radius 3 is 2.46 bits per heavy atom. The summed E-state index contributed by atoms with van der Waals surface area (Å²) >= 11 is 3.53. The number of aliphatic carboxylic acids is 1. The summed E-state index contributed by atoms with van der Waals surface area (Å²) in [6.07, 6.45) is 2.73. The third-order valence-electron chi connectivity index (χ3n) is 8.44. The van der Waals surface area contributed by atoms with Crippen LogP contribution in [-0.4, -0.2) is 88.3 Å². The van der Waals surface area contributed by atoms with Crippen LogP contribution in [0.2, 0.25) is 0 Å². The van der Waals surface area contributed by atoms with Gasteiger partial charge in [0.15, 0.2) is 23.2 Å². The maximum absolute atomic E-state index is 13.7. The molecule has 3 aliphatic rings. The van der Waals surface area contributed by atoms with Crippen LogP contribution in [0.4, 0.5) is 0 Å². The summed E-state index contributed by atoms with van der Waals surface area (Å²) in [5.41, 5.74) is -1.79. The van der Waals surface area contributed by atoms with Crippen molar-refractivity contribution in [2.75, 3.05) is 33.2 Å². The van der Waals surface area contributed by atoms with Gasteiger partial charge in [0, 0.05) is 18.0 Å². The minimum Gasteiger partial charge on any atom is -0.498 e. The summed E-state index contributed by atoms with van der Waals surface area (Å²) in [5, 5.41) is 30.9. The van der Waals surface area contributed by atoms with Crippen molar-refractivity contribution in [2.24, 2.45) is 0 Å². The summed E-state index contributed by atoms with van der Waals surface area (Å²) in [6.45, 7) is 11.2. The highest BCUT2D eigenvalue weighted by Crippen LogP contribution is 2.51. The summed E-state index contributed by atoms with van der Waals surface area (Å²) in [7, 11) is 1.45. The van der Waals surface area contributed by atoms with Gasteiger partial charge < -0.3 is 34.3 Å². The number of ether oxygens (including phenoxy) is 4. The first kappa shape index (κ1) is 33.0. The van der Waals surface area contributed by atoms with Crippen LogP contribution >= 0.6 is 12.6 Å². The molecule has 1 aromatic rings. The van der Waals surface area contributed by atoms with Crippen LogP contribution in [0.3, 0.4) is 0 Å². The predicted octanol–water partition coefficient (Wildman–Crippen LogP) is 3.67. The van der Waals surface area contributed by atoms with Crippen molar-refractivity contribution in [3.05, 3.63) is 35.6 Å². The predicted molar refractivity (Wildman–Crippen MR) is 157 cm³/mol. The van der Waals surface area contributed by atoms with Gasteiger partial charge in [0.05, 0.1) is 19.1 Å². The van der Waals surface area contributed by atoms with E-state index in [2.05, 4.69) is 31.0 Å². The number of esters is 1. The van der Waals surface area contributed by atoms with E-state index >= 15 is 0 Å². The fourth-order valence-electron chi connectivity index (χ4n) is 6.33. The SMILES string of the molecule is C=C(OC)C(OC(=O)[C@](O)(CCCC(C)(C)O)CC(=O)O)C1c2cc3c(cc2CCN2CCC[C@@]12C)OCO3.CS. The number of methoxy groups -OCH3 is 1. The van der Waals surface area contributed by atoms with E-state index in [1.54, 1.807) is 20.1 Å². The molecule has 4 atom stereocenters. The smallest absolute Gasteiger partial charge is 0.339 e. The van der Waals surface area contributed by atoms with E-state index < -0.39 is 47.1 Å². The number of hydrogen-bond donors (Lipinski definition) is 4. The van der Waals surface area contributed by atoms with Crippen LogP contribution in [0.25, 0.3) is 0 Å². The number of carboxylic acid groups (broad SMARTS) is 1. The monoisotopic (exact) mass is 595 g/mol. The number of rotatable bonds is 11. The fraction of sp³-hybridized carbons (Fsp3) is 0.667. The summed E-state index contributed by atoms with van der Waals surface area (Å²) < 4.78 is 22.9. The molecule has 0 saturated carbocycles. The normalized spacial score (nSPS) is 23.6. The molecule has 0 aromatic heterocycles. The number of thiol groups is 1. The molecular weight excluding hydrogens is 550 g/mol. The second kappa shape index (κ2) is 13.2. The van der Waals surface area contributed by atoms with Crippen LogP contribution in [0.1, 0.15) is 76.3 Å². The topological polar surface area (TPSA) is 135 Å². The molecule has 1 saturated heterocycles. The second-order valence-electron chi connectivity index (χ2n) is 11.8. The zero-order chi connectivity index (χ0) is 30.6. The Hall–Kier alpha value is -2.47. The molecule has 10 nitrogen and oxygen atoms in total. The van der Waals surface area contributed by atoms with Gasteiger partial charge in [-0.15, -0.1) is 0 Å². The lowest BCUT2D eigenvalue weighted by Crippen LogP contribution is -2.52. The minimum absolute atomic E-state index is 0.127. The molecule has 0 bridgehead atoms. The van der Waals surface area contributed by atoms with Crippen LogP contribution in [-0.2, 0) is 25.5 Å². The first-order valence-corrected chi connectivity index (χ1v) is 14.9. The highest BCUT2D eigenvalue weighted by atomic mass is 32.1. The van der Waals surface area contributed by atoms with Gasteiger partial charge in [-0.1, -0.05) is 6.58 Å². The largest absolute Gasteiger partial charge is 0.498 e. The number of benzene rings is 1. The van der Waals surface area contributed by atoms with Crippen molar-refractivity contribution < 1.29 is 43.9 Å². The Labute approximate surface area is 248 Å². The molecule has 0 radical (unpaired) electrons. The van der Waals surface area contributed by atoms with Gasteiger partial charge in [-0.3, -0.25) is 9.69 Å². The lowest BCUT2D eigenvalue weighted by atomic mass is 9.74. The number of hydrogen-bond acceptors (Lipinski definition) is 10. The maximum Gasteiger partial charge on any atom is 0.339 e. The highest BCUT2D eigenvalue weighted by molar-refractivity contribution is 7.79. The molecule has 3 aliphatic heterocycles. The van der Waals surface area contributed by atoms with Gasteiger partial charge in [-0.25, -0.2) is 4.79 Å². The average molecular weight is 596 g/mol. The quantitative estimate of drug-likeness (QED) is 0.171. The molecule has 230 valence electrons. The highest BCUT2D eigenvalue weighted by Gasteiger charge is 2.53. The molecule has 0 spiro atoms. The average Bonchev–Trinajstić information content (AvgIpc) is 3.49. The standard InChI is InChI=1S/C29H41NO9.CH4S/c1-18(36-5)25(39-26(33)29(35,16-23(31)32)11-6-9-27(2,3)34)24-20-15-22-21(37-17-38-22)14-19(20)8-13-30-12-7-10-28(24,30)4;1-2/h14-15,24-25,34-35H,1,6-13,16-17H2,2-5H3,(H,31,32);2H,1H3/t24?,25?,28-,29-;/m0./s1. The van der Waals surface area contributed by atoms with Crippen molar-refractivity contribution in [1.29, 1.82) is 0 Å². The Morgan fingerprint density at radius 1 is 1.20 bits per heavy atom. The Morgan fingerprint density at radius 2 is 1.85 bits per heavy atom. The van der Waals surface area contributed by atoms with Crippen LogP contribution < -0.4 is 9.47 Å². The zero-order valence-electron chi connectivity index (χ0n) is 24.8. The van der Waals surface area contributed by atoms with Crippen LogP contribution in [0.5, 0.6) is 11.5 Å². The van der Waals surface area contributed by atoms with Crippen LogP contribution in [0, 0.1) is 0 Å². The third kappa shape index (κ3) is 7.31. The second-order valence-corrected chi connectivity index (χ2v) is 11.8. The fourth-order valence-corrected chi connectivity index (χ4v) is 6.33. The lowest BCUT2D eigenvalue weighted by Gasteiger charge is -2.44. The van der Waals surface area contributed by atoms with Crippen LogP contribution in [0.15, 0.2) is 24.5 Å². The van der Waals surface area contributed by atoms with E-state index in [0.29, 0.717) is 11.5 Å². The summed E-state index contributed by atoms with van der Waals surface area (Å²) in [4.78, 5) is 27.7. The lowest BCUT2D eigenvalue weighted by molar-refractivity contribution is -0.179. The van der Waals surface area contributed by atoms with E-state index in [0.717, 1.165) is 43.5 Å². The summed E-state index contributed by atoms with van der Waals surface area (Å²) in [5.74, 6) is -1.35. The molecule has 3 N–H and O–H groups in total. The number of carbonyl (C=O) groups is 2. The molecule has 1 fully saturated rings. The molecule has 11 heteroatoms. The van der Waals surface area contributed by atoms with Gasteiger partial charge in [-0.2, -0.15) is 12.6 Å². The molecule has 0 aliphatic carbocycles. The Balaban J connectivity index is 0.00000226. The summed E-state index contributed by atoms with van der Waals surface area (Å²) in [6, 6.07) is 3.91. The van der Waals surface area contributed by atoms with Crippen molar-refractivity contribution in [3.63, 3.8) is 0 Å². The van der Waals surface area contributed by atoms with Crippen molar-refractivity contribution >= 4 is 24.6 Å². The Bertz CT molecular complexity index is 1120. The van der Waals surface area contributed by atoms with Gasteiger partial charge >= 0.3 is 11.9 Å². The molecule has 41 heavy (non-hydrogen) atoms. The number of carboxylic acids is 1. The van der Waals surface area contributed by atoms with E-state index in [-0.39, 0.29) is 31.8 Å². The van der Waals surface area contributed by atoms with Gasteiger partial charge in [0.25, 0.3) is 0 Å². The number of aliphatic hydroxyl groups is 2. The first-order valence-electron chi connectivity index (χ1n) is 14.0. The zero-order valence-corrected chi connectivity index (χ0v) is 25.7. The van der Waals surface area contributed by atoms with Crippen molar-refractivity contribution in [3.8, 4) is 11.5 Å². The first-order chi connectivity index (χ1) is 19.3. The molecule has 3 heterocycles. The maximum atomic E-state index is 13.7. The molecule has 4 rings (SSSR count). The number of fused-ring (bicyclic) bond motifs is 3. The third-order valence-corrected chi connectivity index (χ3v) is 8.44. The molecule has 0 amide bonds. The number of nitrogens with zero attached hydrogens (tertiary/aromatic N) is 1. The minimum atomic E-state index is -2.29.